The smallest absolute Gasteiger partial charge is 0.381 e. The van der Waals surface area contributed by atoms with Crippen LogP contribution in [-0.4, -0.2) is 45.1 Å². The first-order chi connectivity index (χ1) is 7.65. The fraction of sp³-hybridized carbons (Fsp3) is 0.750. The van der Waals surface area contributed by atoms with E-state index in [1.54, 1.807) is 32.2 Å². The van der Waals surface area contributed by atoms with Crippen LogP contribution in [0.2, 0.25) is 6.04 Å². The van der Waals surface area contributed by atoms with Crippen LogP contribution in [0.5, 0.6) is 0 Å². The van der Waals surface area contributed by atoms with E-state index >= 15 is 0 Å². The Morgan fingerprint density at radius 2 is 1.94 bits per heavy atom. The molecule has 2 N–H and O–H groups in total. The summed E-state index contributed by atoms with van der Waals surface area (Å²) in [4.78, 5) is 0. The molecule has 0 radical (unpaired) electrons. The maximum absolute atomic E-state index is 5.45. The van der Waals surface area contributed by atoms with Gasteiger partial charge in [0.05, 0.1) is 6.20 Å². The van der Waals surface area contributed by atoms with Crippen molar-refractivity contribution in [2.24, 2.45) is 0 Å². The Morgan fingerprint density at radius 1 is 1.31 bits per heavy atom. The van der Waals surface area contributed by atoms with Gasteiger partial charge in [-0.3, -0.25) is 4.68 Å². The Kier molecular flexibility index (Phi) is 4.87. The van der Waals surface area contributed by atoms with Crippen LogP contribution in [0.15, 0.2) is 6.20 Å². The molecule has 0 aliphatic carbocycles. The van der Waals surface area contributed by atoms with Gasteiger partial charge in [-0.1, -0.05) is 5.21 Å². The van der Waals surface area contributed by atoms with Crippen molar-refractivity contribution >= 4 is 14.6 Å². The molecule has 0 saturated carbocycles. The molecule has 0 aliphatic rings. The standard InChI is InChI=1S/C8H18N4O3Si/c1-13-16(14-2,15-3)6-4-5-12-7-8(9)10-11-12/h7H,4-6,9H2,1-3H3. The van der Waals surface area contributed by atoms with Crippen LogP contribution in [0.1, 0.15) is 6.42 Å². The Balaban J connectivity index is 2.39. The van der Waals surface area contributed by atoms with Crippen molar-refractivity contribution in [2.75, 3.05) is 27.1 Å². The second-order valence-corrected chi connectivity index (χ2v) is 6.40. The van der Waals surface area contributed by atoms with Gasteiger partial charge in [0, 0.05) is 33.9 Å². The van der Waals surface area contributed by atoms with Gasteiger partial charge in [0.25, 0.3) is 0 Å². The highest BCUT2D eigenvalue weighted by Crippen LogP contribution is 2.15. The van der Waals surface area contributed by atoms with E-state index in [4.69, 9.17) is 19.0 Å². The van der Waals surface area contributed by atoms with Crippen molar-refractivity contribution in [1.82, 2.24) is 15.0 Å². The van der Waals surface area contributed by atoms with E-state index in [2.05, 4.69) is 10.3 Å². The van der Waals surface area contributed by atoms with Crippen LogP contribution in [0.25, 0.3) is 0 Å². The number of nitrogen functional groups attached to an aromatic ring is 1. The third kappa shape index (κ3) is 3.27. The zero-order valence-electron chi connectivity index (χ0n) is 9.84. The maximum atomic E-state index is 5.45. The Morgan fingerprint density at radius 3 is 2.38 bits per heavy atom. The molecule has 7 nitrogen and oxygen atoms in total. The van der Waals surface area contributed by atoms with Crippen molar-refractivity contribution < 1.29 is 13.3 Å². The van der Waals surface area contributed by atoms with E-state index in [1.807, 2.05) is 0 Å². The van der Waals surface area contributed by atoms with Gasteiger partial charge in [-0.05, 0) is 6.42 Å². The molecule has 0 spiro atoms. The van der Waals surface area contributed by atoms with E-state index in [-0.39, 0.29) is 0 Å². The summed E-state index contributed by atoms with van der Waals surface area (Å²) >= 11 is 0. The summed E-state index contributed by atoms with van der Waals surface area (Å²) in [7, 11) is 2.35. The SMILES string of the molecule is CO[Si](CCCn1cc(N)nn1)(OC)OC. The number of hydrogen-bond acceptors (Lipinski definition) is 6. The van der Waals surface area contributed by atoms with Crippen LogP contribution >= 0.6 is 0 Å². The van der Waals surface area contributed by atoms with E-state index in [0.29, 0.717) is 5.82 Å². The minimum atomic E-state index is -2.46. The Bertz CT molecular complexity index is 308. The molecule has 0 unspecified atom stereocenters. The number of hydrogen-bond donors (Lipinski definition) is 1. The van der Waals surface area contributed by atoms with Gasteiger partial charge < -0.3 is 19.0 Å². The lowest BCUT2D eigenvalue weighted by Gasteiger charge is -2.24. The van der Waals surface area contributed by atoms with Crippen molar-refractivity contribution in [1.29, 1.82) is 0 Å². The second-order valence-electron chi connectivity index (χ2n) is 3.31. The van der Waals surface area contributed by atoms with E-state index in [0.717, 1.165) is 19.0 Å². The fourth-order valence-corrected chi connectivity index (χ4v) is 3.14. The first kappa shape index (κ1) is 13.1. The number of anilines is 1. The van der Waals surface area contributed by atoms with Crippen molar-refractivity contribution in [3.8, 4) is 0 Å². The molecule has 92 valence electrons. The first-order valence-corrected chi connectivity index (χ1v) is 6.90. The summed E-state index contributed by atoms with van der Waals surface area (Å²) in [5.41, 5.74) is 5.45. The lowest BCUT2D eigenvalue weighted by Crippen LogP contribution is -2.42. The highest BCUT2D eigenvalue weighted by molar-refractivity contribution is 6.60. The van der Waals surface area contributed by atoms with Gasteiger partial charge in [-0.2, -0.15) is 0 Å². The summed E-state index contributed by atoms with van der Waals surface area (Å²) in [5, 5.41) is 7.55. The summed E-state index contributed by atoms with van der Waals surface area (Å²) < 4.78 is 17.6. The predicted octanol–water partition coefficient (Wildman–Crippen LogP) is 0.129. The van der Waals surface area contributed by atoms with Crippen LogP contribution in [0, 0.1) is 0 Å². The average Bonchev–Trinajstić information content (AvgIpc) is 2.71. The summed E-state index contributed by atoms with van der Waals surface area (Å²) in [6.45, 7) is 0.717. The topological polar surface area (TPSA) is 84.4 Å². The van der Waals surface area contributed by atoms with Crippen molar-refractivity contribution in [2.45, 2.75) is 19.0 Å². The van der Waals surface area contributed by atoms with Crippen LogP contribution in [-0.2, 0) is 19.8 Å². The summed E-state index contributed by atoms with van der Waals surface area (Å²) in [6, 6.07) is 0.732. The van der Waals surface area contributed by atoms with Crippen molar-refractivity contribution in [3.05, 3.63) is 6.20 Å². The fourth-order valence-electron chi connectivity index (χ4n) is 1.44. The van der Waals surface area contributed by atoms with Crippen molar-refractivity contribution in [3.63, 3.8) is 0 Å². The van der Waals surface area contributed by atoms with Gasteiger partial charge in [-0.25, -0.2) is 0 Å². The highest BCUT2D eigenvalue weighted by atomic mass is 28.4. The molecule has 8 heteroatoms. The number of aryl methyl sites for hydroxylation is 1. The van der Waals surface area contributed by atoms with Gasteiger partial charge in [0.2, 0.25) is 0 Å². The van der Waals surface area contributed by atoms with Gasteiger partial charge >= 0.3 is 8.80 Å². The summed E-state index contributed by atoms with van der Waals surface area (Å²) in [5.74, 6) is 0.425. The zero-order valence-corrected chi connectivity index (χ0v) is 10.8. The number of rotatable bonds is 7. The van der Waals surface area contributed by atoms with E-state index in [1.165, 1.54) is 0 Å². The normalized spacial score (nSPS) is 11.9. The first-order valence-electron chi connectivity index (χ1n) is 4.97. The lowest BCUT2D eigenvalue weighted by molar-refractivity contribution is 0.122. The predicted molar refractivity (Wildman–Crippen MR) is 60.6 cm³/mol. The van der Waals surface area contributed by atoms with Gasteiger partial charge in [0.1, 0.15) is 0 Å². The monoisotopic (exact) mass is 246 g/mol. The Hall–Kier alpha value is -0.963. The largest absolute Gasteiger partial charge is 0.500 e. The third-order valence-corrected chi connectivity index (χ3v) is 5.19. The molecule has 0 atom stereocenters. The minimum absolute atomic E-state index is 0.425. The number of aromatic nitrogens is 3. The molecule has 0 aliphatic heterocycles. The molecule has 1 aromatic rings. The number of nitrogens with two attached hydrogens (primary N) is 1. The van der Waals surface area contributed by atoms with Crippen LogP contribution in [0.3, 0.4) is 0 Å². The zero-order chi connectivity index (χ0) is 12.0. The summed E-state index contributed by atoms with van der Waals surface area (Å²) in [6.07, 6.45) is 2.53. The quantitative estimate of drug-likeness (QED) is 0.688. The molecule has 0 amide bonds. The third-order valence-electron chi connectivity index (χ3n) is 2.36. The average molecular weight is 246 g/mol. The molecule has 1 heterocycles. The molecule has 0 bridgehead atoms. The van der Waals surface area contributed by atoms with E-state index in [9.17, 15) is 0 Å². The van der Waals surface area contributed by atoms with Gasteiger partial charge in [0.15, 0.2) is 5.82 Å². The highest BCUT2D eigenvalue weighted by Gasteiger charge is 2.36. The lowest BCUT2D eigenvalue weighted by atomic mass is 10.5. The molecular formula is C8H18N4O3Si. The molecule has 1 rings (SSSR count). The van der Waals surface area contributed by atoms with Crippen LogP contribution < -0.4 is 5.73 Å². The maximum Gasteiger partial charge on any atom is 0.500 e. The van der Waals surface area contributed by atoms with Crippen LogP contribution in [0.4, 0.5) is 5.82 Å². The van der Waals surface area contributed by atoms with Gasteiger partial charge in [-0.15, -0.1) is 5.10 Å². The number of nitrogens with zero attached hydrogens (tertiary/aromatic N) is 3. The molecule has 0 fully saturated rings. The Labute approximate surface area is 95.8 Å². The second kappa shape index (κ2) is 5.94. The molecule has 0 aromatic carbocycles. The molecule has 1 aromatic heterocycles. The molecule has 0 saturated heterocycles. The molecular weight excluding hydrogens is 228 g/mol. The molecule has 16 heavy (non-hydrogen) atoms. The minimum Gasteiger partial charge on any atom is -0.381 e. The van der Waals surface area contributed by atoms with E-state index < -0.39 is 8.80 Å².